The van der Waals surface area contributed by atoms with Crippen molar-refractivity contribution in [3.05, 3.63) is 47.1 Å². The quantitative estimate of drug-likeness (QED) is 0.613. The molecule has 2 aliphatic rings. The molecule has 4 heteroatoms. The van der Waals surface area contributed by atoms with E-state index in [4.69, 9.17) is 0 Å². The zero-order valence-electron chi connectivity index (χ0n) is 18.1. The van der Waals surface area contributed by atoms with Gasteiger partial charge in [-0.15, -0.1) is 0 Å². The van der Waals surface area contributed by atoms with Gasteiger partial charge in [-0.05, 0) is 69.1 Å². The van der Waals surface area contributed by atoms with E-state index in [1.807, 2.05) is 11.8 Å². The molecule has 158 valence electrons. The Morgan fingerprint density at radius 2 is 1.90 bits per heavy atom. The van der Waals surface area contributed by atoms with Crippen LogP contribution >= 0.6 is 0 Å². The van der Waals surface area contributed by atoms with Gasteiger partial charge < -0.3 is 15.1 Å². The molecule has 0 saturated carbocycles. The van der Waals surface area contributed by atoms with Crippen LogP contribution in [0.5, 0.6) is 11.5 Å². The van der Waals surface area contributed by atoms with Crippen molar-refractivity contribution in [3.63, 3.8) is 0 Å². The first kappa shape index (κ1) is 21.5. The van der Waals surface area contributed by atoms with Crippen LogP contribution in [0.4, 0.5) is 0 Å². The van der Waals surface area contributed by atoms with Crippen molar-refractivity contribution in [2.24, 2.45) is 11.8 Å². The molecule has 1 amide bonds. The minimum atomic E-state index is -0.0364. The highest BCUT2D eigenvalue weighted by Crippen LogP contribution is 2.46. The second-order valence-corrected chi connectivity index (χ2v) is 9.05. The lowest BCUT2D eigenvalue weighted by molar-refractivity contribution is -0.137. The number of aromatic hydroxyl groups is 2. The number of phenolic OH excluding ortho intramolecular Hbond substituents is 2. The number of rotatable bonds is 7. The van der Waals surface area contributed by atoms with Crippen LogP contribution in [-0.4, -0.2) is 34.1 Å². The number of unbranched alkanes of at least 4 members (excludes halogenated alkanes) is 1. The molecule has 1 aliphatic carbocycles. The number of carbonyl (C=O) groups excluding carboxylic acids is 1. The van der Waals surface area contributed by atoms with E-state index in [0.717, 1.165) is 56.3 Å². The minimum absolute atomic E-state index is 0.0364. The van der Waals surface area contributed by atoms with Crippen molar-refractivity contribution in [2.45, 2.75) is 65.2 Å². The molecule has 2 N–H and O–H groups in total. The van der Waals surface area contributed by atoms with Crippen LogP contribution in [0.25, 0.3) is 0 Å². The van der Waals surface area contributed by atoms with Crippen LogP contribution < -0.4 is 0 Å². The van der Waals surface area contributed by atoms with E-state index in [-0.39, 0.29) is 29.2 Å². The zero-order valence-corrected chi connectivity index (χ0v) is 18.1. The van der Waals surface area contributed by atoms with Crippen LogP contribution in [0.1, 0.15) is 69.9 Å². The first-order valence-corrected chi connectivity index (χ1v) is 10.9. The maximum Gasteiger partial charge on any atom is 0.222 e. The maximum absolute atomic E-state index is 12.1. The highest BCUT2D eigenvalue weighted by Gasteiger charge is 2.32. The third kappa shape index (κ3) is 4.85. The molecule has 0 radical (unpaired) electrons. The van der Waals surface area contributed by atoms with Crippen LogP contribution in [0, 0.1) is 11.8 Å². The van der Waals surface area contributed by atoms with Crippen molar-refractivity contribution in [3.8, 4) is 11.5 Å². The predicted molar refractivity (Wildman–Crippen MR) is 117 cm³/mol. The van der Waals surface area contributed by atoms with Gasteiger partial charge in [-0.2, -0.15) is 0 Å². The summed E-state index contributed by atoms with van der Waals surface area (Å²) in [4.78, 5) is 14.0. The molecule has 1 aromatic carbocycles. The molecule has 1 aliphatic heterocycles. The highest BCUT2D eigenvalue weighted by molar-refractivity contribution is 5.77. The lowest BCUT2D eigenvalue weighted by atomic mass is 9.73. The van der Waals surface area contributed by atoms with Crippen molar-refractivity contribution in [2.75, 3.05) is 13.1 Å². The van der Waals surface area contributed by atoms with Gasteiger partial charge in [-0.3, -0.25) is 4.79 Å². The van der Waals surface area contributed by atoms with Crippen molar-refractivity contribution < 1.29 is 15.0 Å². The standard InChI is InChI=1S/C25H35NO3/c1-5-6-7-24(29)26-14-19(15-26)11-18-12-22(27)25(23(28)13-18)21-10-17(4)8-9-20(21)16(2)3/h10,12-13,19-21,27-28H,2,5-9,11,14-15H2,1,3-4H3. The van der Waals surface area contributed by atoms with E-state index in [1.165, 1.54) is 5.57 Å². The number of carbonyl (C=O) groups is 1. The van der Waals surface area contributed by atoms with Gasteiger partial charge in [0.15, 0.2) is 0 Å². The highest BCUT2D eigenvalue weighted by atomic mass is 16.3. The number of benzene rings is 1. The smallest absolute Gasteiger partial charge is 0.222 e. The Labute approximate surface area is 174 Å². The fraction of sp³-hybridized carbons (Fsp3) is 0.560. The Bertz CT molecular complexity index is 781. The van der Waals surface area contributed by atoms with Gasteiger partial charge in [-0.25, -0.2) is 0 Å². The zero-order chi connectivity index (χ0) is 21.1. The fourth-order valence-corrected chi connectivity index (χ4v) is 4.77. The summed E-state index contributed by atoms with van der Waals surface area (Å²) in [5.41, 5.74) is 3.92. The maximum atomic E-state index is 12.1. The summed E-state index contributed by atoms with van der Waals surface area (Å²) in [6.45, 7) is 11.9. The largest absolute Gasteiger partial charge is 0.507 e. The monoisotopic (exact) mass is 397 g/mol. The van der Waals surface area contributed by atoms with E-state index in [9.17, 15) is 15.0 Å². The molecule has 1 saturated heterocycles. The minimum Gasteiger partial charge on any atom is -0.507 e. The summed E-state index contributed by atoms with van der Waals surface area (Å²) in [5.74, 6) is 1.16. The lowest BCUT2D eigenvalue weighted by Crippen LogP contribution is -2.50. The Morgan fingerprint density at radius 3 is 2.48 bits per heavy atom. The van der Waals surface area contributed by atoms with Crippen LogP contribution in [0.3, 0.4) is 0 Å². The van der Waals surface area contributed by atoms with Crippen molar-refractivity contribution >= 4 is 5.91 Å². The Balaban J connectivity index is 1.70. The number of allylic oxidation sites excluding steroid dienone is 3. The molecular formula is C25H35NO3. The van der Waals surface area contributed by atoms with Gasteiger partial charge in [0.1, 0.15) is 11.5 Å². The number of phenols is 2. The molecule has 0 spiro atoms. The molecule has 2 unspecified atom stereocenters. The molecule has 1 fully saturated rings. The molecule has 1 aromatic rings. The molecule has 3 rings (SSSR count). The predicted octanol–water partition coefficient (Wildman–Crippen LogP) is 5.30. The summed E-state index contributed by atoms with van der Waals surface area (Å²) < 4.78 is 0. The fourth-order valence-electron chi connectivity index (χ4n) is 4.77. The third-order valence-electron chi connectivity index (χ3n) is 6.49. The van der Waals surface area contributed by atoms with Gasteiger partial charge in [0, 0.05) is 31.0 Å². The molecule has 1 heterocycles. The number of hydrogen-bond acceptors (Lipinski definition) is 3. The summed E-state index contributed by atoms with van der Waals surface area (Å²) >= 11 is 0. The topological polar surface area (TPSA) is 60.8 Å². The number of nitrogens with zero attached hydrogens (tertiary/aromatic N) is 1. The second kappa shape index (κ2) is 9.06. The number of hydrogen-bond donors (Lipinski definition) is 2. The average molecular weight is 398 g/mol. The molecule has 0 bridgehead atoms. The summed E-state index contributed by atoms with van der Waals surface area (Å²) in [7, 11) is 0. The van der Waals surface area contributed by atoms with E-state index >= 15 is 0 Å². The summed E-state index contributed by atoms with van der Waals surface area (Å²) in [6, 6.07) is 3.59. The van der Waals surface area contributed by atoms with Gasteiger partial charge in [0.2, 0.25) is 5.91 Å². The van der Waals surface area contributed by atoms with Crippen LogP contribution in [-0.2, 0) is 11.2 Å². The van der Waals surface area contributed by atoms with Gasteiger partial charge >= 0.3 is 0 Å². The van der Waals surface area contributed by atoms with Gasteiger partial charge in [0.25, 0.3) is 0 Å². The van der Waals surface area contributed by atoms with E-state index in [0.29, 0.717) is 17.9 Å². The second-order valence-electron chi connectivity index (χ2n) is 9.05. The van der Waals surface area contributed by atoms with Crippen LogP contribution in [0.2, 0.25) is 0 Å². The molecular weight excluding hydrogens is 362 g/mol. The lowest BCUT2D eigenvalue weighted by Gasteiger charge is -2.39. The van der Waals surface area contributed by atoms with Crippen LogP contribution in [0.15, 0.2) is 35.9 Å². The average Bonchev–Trinajstić information content (AvgIpc) is 2.61. The Kier molecular flexibility index (Phi) is 6.71. The third-order valence-corrected chi connectivity index (χ3v) is 6.49. The van der Waals surface area contributed by atoms with Gasteiger partial charge in [0.05, 0.1) is 0 Å². The van der Waals surface area contributed by atoms with E-state index in [2.05, 4.69) is 26.5 Å². The SMILES string of the molecule is C=C(C)C1CCC(C)=CC1c1c(O)cc(CC2CN(C(=O)CCCC)C2)cc1O. The van der Waals surface area contributed by atoms with Gasteiger partial charge in [-0.1, -0.05) is 37.1 Å². The number of likely N-dealkylation sites (tertiary alicyclic amines) is 1. The van der Waals surface area contributed by atoms with Crippen molar-refractivity contribution in [1.82, 2.24) is 4.90 Å². The normalized spacial score (nSPS) is 22.2. The first-order valence-electron chi connectivity index (χ1n) is 10.9. The summed E-state index contributed by atoms with van der Waals surface area (Å²) in [6.07, 6.45) is 7.58. The summed E-state index contributed by atoms with van der Waals surface area (Å²) in [5, 5.41) is 21.5. The van der Waals surface area contributed by atoms with Crippen molar-refractivity contribution in [1.29, 1.82) is 0 Å². The molecule has 2 atom stereocenters. The van der Waals surface area contributed by atoms with E-state index < -0.39 is 0 Å². The first-order chi connectivity index (χ1) is 13.8. The Morgan fingerprint density at radius 1 is 1.24 bits per heavy atom. The number of amides is 1. The van der Waals surface area contributed by atoms with E-state index in [1.54, 1.807) is 12.1 Å². The molecule has 29 heavy (non-hydrogen) atoms. The Hall–Kier alpha value is -2.23. The molecule has 4 nitrogen and oxygen atoms in total. The molecule has 0 aromatic heterocycles.